The lowest BCUT2D eigenvalue weighted by molar-refractivity contribution is -0.111. The topological polar surface area (TPSA) is 117 Å². The van der Waals surface area contributed by atoms with Gasteiger partial charge in [0.15, 0.2) is 0 Å². The number of carbonyl (C=O) groups excluding carboxylic acids is 2. The van der Waals surface area contributed by atoms with Crippen molar-refractivity contribution in [3.05, 3.63) is 132 Å². The Bertz CT molecular complexity index is 2080. The number of rotatable bonds is 10. The van der Waals surface area contributed by atoms with Gasteiger partial charge >= 0.3 is 0 Å². The van der Waals surface area contributed by atoms with Crippen LogP contribution < -0.4 is 16.0 Å². The Labute approximate surface area is 276 Å². The summed E-state index contributed by atoms with van der Waals surface area (Å²) in [5, 5.41) is 14.2. The zero-order valence-corrected chi connectivity index (χ0v) is 26.4. The van der Waals surface area contributed by atoms with Crippen molar-refractivity contribution in [3.8, 4) is 22.5 Å². The van der Waals surface area contributed by atoms with E-state index < -0.39 is 0 Å². The second-order valence-corrected chi connectivity index (χ2v) is 11.3. The van der Waals surface area contributed by atoms with E-state index in [2.05, 4.69) is 20.9 Å². The van der Waals surface area contributed by atoms with Crippen molar-refractivity contribution in [1.29, 1.82) is 0 Å². The van der Waals surface area contributed by atoms with E-state index in [4.69, 9.17) is 21.7 Å². The third kappa shape index (κ3) is 7.52. The van der Waals surface area contributed by atoms with Gasteiger partial charge in [-0.25, -0.2) is 14.5 Å². The molecular formula is C36H31ClN8O2. The molecule has 11 heteroatoms. The number of fused-ring (bicyclic) bond motifs is 1. The fraction of sp³-hybridized carbons (Fsp3) is 0.0833. The van der Waals surface area contributed by atoms with E-state index in [-0.39, 0.29) is 11.8 Å². The van der Waals surface area contributed by atoms with Crippen LogP contribution in [0.1, 0.15) is 10.4 Å². The maximum atomic E-state index is 13.0. The molecule has 0 radical (unpaired) electrons. The second kappa shape index (κ2) is 14.1. The summed E-state index contributed by atoms with van der Waals surface area (Å²) in [6.45, 7) is 0.662. The quantitative estimate of drug-likeness (QED) is 0.136. The van der Waals surface area contributed by atoms with Gasteiger partial charge < -0.3 is 20.9 Å². The molecule has 2 amide bonds. The molecule has 3 aromatic heterocycles. The van der Waals surface area contributed by atoms with Gasteiger partial charge in [-0.3, -0.25) is 9.59 Å². The average molecular weight is 643 g/mol. The number of likely N-dealkylation sites (N-methyl/N-ethyl adjacent to an activating group) is 1. The van der Waals surface area contributed by atoms with Crippen LogP contribution in [0.25, 0.3) is 28.0 Å². The highest BCUT2D eigenvalue weighted by Crippen LogP contribution is 2.38. The van der Waals surface area contributed by atoms with Crippen molar-refractivity contribution in [2.24, 2.45) is 0 Å². The predicted octanol–water partition coefficient (Wildman–Crippen LogP) is 7.16. The molecule has 6 aromatic rings. The normalized spacial score (nSPS) is 11.2. The number of amides is 2. The number of aromatic nitrogens is 4. The van der Waals surface area contributed by atoms with Crippen LogP contribution in [0.4, 0.5) is 23.0 Å². The molecule has 47 heavy (non-hydrogen) atoms. The molecule has 0 saturated heterocycles. The molecule has 6 rings (SSSR count). The molecule has 0 aliphatic rings. The van der Waals surface area contributed by atoms with Gasteiger partial charge in [-0.1, -0.05) is 60.1 Å². The summed E-state index contributed by atoms with van der Waals surface area (Å²) in [6, 6.07) is 29.6. The maximum Gasteiger partial charge on any atom is 0.255 e. The minimum atomic E-state index is -0.294. The van der Waals surface area contributed by atoms with E-state index in [1.54, 1.807) is 48.7 Å². The largest absolute Gasteiger partial charge is 0.324 e. The highest BCUT2D eigenvalue weighted by molar-refractivity contribution is 6.33. The molecule has 0 atom stereocenters. The van der Waals surface area contributed by atoms with Gasteiger partial charge in [0.1, 0.15) is 5.69 Å². The van der Waals surface area contributed by atoms with Crippen molar-refractivity contribution < 1.29 is 9.59 Å². The molecule has 10 nitrogen and oxygen atoms in total. The van der Waals surface area contributed by atoms with Crippen molar-refractivity contribution in [2.75, 3.05) is 36.6 Å². The lowest BCUT2D eigenvalue weighted by atomic mass is 10.0. The van der Waals surface area contributed by atoms with Gasteiger partial charge in [-0.05, 0) is 68.7 Å². The van der Waals surface area contributed by atoms with Gasteiger partial charge in [0, 0.05) is 47.0 Å². The summed E-state index contributed by atoms with van der Waals surface area (Å²) in [7, 11) is 3.85. The lowest BCUT2D eigenvalue weighted by Crippen LogP contribution is -2.13. The SMILES string of the molecule is CN(C)CC=CC(=O)Nc1ccc(C(=O)Nc2cccc(Nc3ncc(Cl)c(-c4c(-c5ccccc5)nn5ccccc45)n3)c2)cc1. The van der Waals surface area contributed by atoms with Gasteiger partial charge in [0.2, 0.25) is 11.9 Å². The fourth-order valence-corrected chi connectivity index (χ4v) is 5.08. The van der Waals surface area contributed by atoms with Crippen LogP contribution in [-0.4, -0.2) is 56.9 Å². The number of halogens is 1. The van der Waals surface area contributed by atoms with Crippen LogP contribution in [-0.2, 0) is 4.79 Å². The molecule has 0 bridgehead atoms. The molecule has 0 aliphatic carbocycles. The lowest BCUT2D eigenvalue weighted by Gasteiger charge is -2.11. The summed E-state index contributed by atoms with van der Waals surface area (Å²) in [6.07, 6.45) is 6.71. The predicted molar refractivity (Wildman–Crippen MR) is 187 cm³/mol. The molecule has 0 fully saturated rings. The summed E-state index contributed by atoms with van der Waals surface area (Å²) in [5.74, 6) is -0.200. The number of benzene rings is 3. The molecule has 3 N–H and O–H groups in total. The van der Waals surface area contributed by atoms with E-state index in [0.29, 0.717) is 45.8 Å². The van der Waals surface area contributed by atoms with Crippen LogP contribution in [0.2, 0.25) is 5.02 Å². The Balaban J connectivity index is 1.18. The first kappa shape index (κ1) is 31.2. The summed E-state index contributed by atoms with van der Waals surface area (Å²) < 4.78 is 1.81. The van der Waals surface area contributed by atoms with Gasteiger partial charge in [-0.2, -0.15) is 5.10 Å². The number of nitrogens with zero attached hydrogens (tertiary/aromatic N) is 5. The smallest absolute Gasteiger partial charge is 0.255 e. The third-order valence-corrected chi connectivity index (χ3v) is 7.38. The highest BCUT2D eigenvalue weighted by atomic mass is 35.5. The highest BCUT2D eigenvalue weighted by Gasteiger charge is 2.21. The first-order valence-electron chi connectivity index (χ1n) is 14.8. The number of pyridine rings is 1. The van der Waals surface area contributed by atoms with Crippen molar-refractivity contribution in [1.82, 2.24) is 24.5 Å². The number of nitrogens with one attached hydrogen (secondary N) is 3. The molecule has 0 aliphatic heterocycles. The van der Waals surface area contributed by atoms with E-state index in [1.165, 1.54) is 6.08 Å². The van der Waals surface area contributed by atoms with Crippen LogP contribution in [0.3, 0.4) is 0 Å². The summed E-state index contributed by atoms with van der Waals surface area (Å²) in [5.41, 5.74) is 6.15. The standard InChI is InChI=1S/C36H31ClN8O2/c1-44(2)20-9-15-31(46)39-26-18-16-25(17-19-26)35(47)40-27-12-8-13-28(22-27)41-36-38-23-29(37)34(42-36)32-30-14-6-7-21-45(30)43-33(32)24-10-4-3-5-11-24/h3-19,21-23H,20H2,1-2H3,(H,39,46)(H,40,47)(H,38,41,42). The number of hydrogen-bond acceptors (Lipinski definition) is 7. The van der Waals surface area contributed by atoms with Crippen LogP contribution in [0.5, 0.6) is 0 Å². The van der Waals surface area contributed by atoms with E-state index in [0.717, 1.165) is 22.3 Å². The van der Waals surface area contributed by atoms with Gasteiger partial charge in [0.05, 0.1) is 28.0 Å². The fourth-order valence-electron chi connectivity index (χ4n) is 4.90. The van der Waals surface area contributed by atoms with Gasteiger partial charge in [0.25, 0.3) is 5.91 Å². The zero-order chi connectivity index (χ0) is 32.8. The minimum Gasteiger partial charge on any atom is -0.324 e. The van der Waals surface area contributed by atoms with Crippen LogP contribution in [0, 0.1) is 0 Å². The molecule has 0 saturated carbocycles. The van der Waals surface area contributed by atoms with Gasteiger partial charge in [-0.15, -0.1) is 0 Å². The Morgan fingerprint density at radius 2 is 1.62 bits per heavy atom. The second-order valence-electron chi connectivity index (χ2n) is 10.9. The van der Waals surface area contributed by atoms with Crippen LogP contribution in [0.15, 0.2) is 122 Å². The number of hydrogen-bond donors (Lipinski definition) is 3. The molecule has 3 heterocycles. The summed E-state index contributed by atoms with van der Waals surface area (Å²) in [4.78, 5) is 36.3. The van der Waals surface area contributed by atoms with Crippen molar-refractivity contribution in [2.45, 2.75) is 0 Å². The first-order valence-corrected chi connectivity index (χ1v) is 15.2. The van der Waals surface area contributed by atoms with Crippen LogP contribution >= 0.6 is 11.6 Å². The Hall–Kier alpha value is -5.84. The van der Waals surface area contributed by atoms with Crippen molar-refractivity contribution >= 4 is 51.9 Å². The van der Waals surface area contributed by atoms with E-state index in [1.807, 2.05) is 90.4 Å². The first-order chi connectivity index (χ1) is 22.8. The zero-order valence-electron chi connectivity index (χ0n) is 25.7. The molecule has 0 spiro atoms. The van der Waals surface area contributed by atoms with E-state index in [9.17, 15) is 9.59 Å². The third-order valence-electron chi connectivity index (χ3n) is 7.10. The van der Waals surface area contributed by atoms with Crippen molar-refractivity contribution in [3.63, 3.8) is 0 Å². The Morgan fingerprint density at radius 3 is 2.40 bits per heavy atom. The molecule has 3 aromatic carbocycles. The number of anilines is 4. The molecular weight excluding hydrogens is 612 g/mol. The maximum absolute atomic E-state index is 13.0. The average Bonchev–Trinajstić information content (AvgIpc) is 3.46. The van der Waals surface area contributed by atoms with E-state index >= 15 is 0 Å². The molecule has 234 valence electrons. The summed E-state index contributed by atoms with van der Waals surface area (Å²) >= 11 is 6.69. The Morgan fingerprint density at radius 1 is 0.851 bits per heavy atom. The number of carbonyl (C=O) groups is 2. The molecule has 0 unspecified atom stereocenters. The monoisotopic (exact) mass is 642 g/mol. The minimum absolute atomic E-state index is 0.236. The Kier molecular flexibility index (Phi) is 9.33.